The smallest absolute Gasteiger partial charge is 0.128 e. The lowest BCUT2D eigenvalue weighted by Crippen LogP contribution is -1.97. The fourth-order valence-corrected chi connectivity index (χ4v) is 2.39. The summed E-state index contributed by atoms with van der Waals surface area (Å²) in [6.45, 7) is 5.16. The molecule has 1 aromatic rings. The van der Waals surface area contributed by atoms with Crippen LogP contribution in [0.3, 0.4) is 0 Å². The molecule has 14 heavy (non-hydrogen) atoms. The van der Waals surface area contributed by atoms with E-state index in [0.717, 1.165) is 0 Å². The fraction of sp³-hybridized carbons (Fsp3) is 0.400. The summed E-state index contributed by atoms with van der Waals surface area (Å²) in [4.78, 5) is 0. The van der Waals surface area contributed by atoms with Crippen LogP contribution in [0.5, 0.6) is 0 Å². The van der Waals surface area contributed by atoms with Crippen LogP contribution in [0.4, 0.5) is 4.39 Å². The monoisotopic (exact) mass is 278 g/mol. The number of benzene rings is 1. The molecule has 1 atom stereocenters. The van der Waals surface area contributed by atoms with Gasteiger partial charge in [0.15, 0.2) is 0 Å². The van der Waals surface area contributed by atoms with Crippen LogP contribution < -0.4 is 0 Å². The van der Waals surface area contributed by atoms with Crippen LogP contribution in [0, 0.1) is 5.82 Å². The Hall–Kier alpha value is -0.140. The second-order valence-electron chi connectivity index (χ2n) is 3.78. The summed E-state index contributed by atoms with van der Waals surface area (Å²) in [5.74, 6) is -0.296. The van der Waals surface area contributed by atoms with Crippen LogP contribution in [0.1, 0.15) is 18.1 Å². The van der Waals surface area contributed by atoms with E-state index in [1.807, 2.05) is 0 Å². The molecule has 0 aliphatic heterocycles. The zero-order valence-corrected chi connectivity index (χ0v) is 10.9. The highest BCUT2D eigenvalue weighted by Crippen LogP contribution is 2.52. The van der Waals surface area contributed by atoms with Crippen molar-refractivity contribution in [2.75, 3.05) is 13.3 Å². The predicted octanol–water partition coefficient (Wildman–Crippen LogP) is 4.27. The third-order valence-corrected chi connectivity index (χ3v) is 4.98. The summed E-state index contributed by atoms with van der Waals surface area (Å²) in [7, 11) is -2.28. The molecule has 0 heterocycles. The molecule has 0 aliphatic rings. The molecule has 0 bridgehead atoms. The van der Waals surface area contributed by atoms with Crippen molar-refractivity contribution in [2.24, 2.45) is 0 Å². The fourth-order valence-electron chi connectivity index (χ4n) is 1.18. The molecule has 4 heteroatoms. The summed E-state index contributed by atoms with van der Waals surface area (Å²) in [5.41, 5.74) is 0.303. The van der Waals surface area contributed by atoms with Crippen LogP contribution in [0.15, 0.2) is 22.7 Å². The standard InChI is InChI=1S/C10H13BrFOP/c1-7(14(2,3)13)9-5-4-8(11)6-10(9)12/h4-7H,1-3H3. The van der Waals surface area contributed by atoms with E-state index in [0.29, 0.717) is 10.0 Å². The molecule has 0 aromatic heterocycles. The minimum atomic E-state index is -2.28. The van der Waals surface area contributed by atoms with Gasteiger partial charge in [-0.05, 0) is 31.0 Å². The van der Waals surface area contributed by atoms with Gasteiger partial charge in [-0.3, -0.25) is 0 Å². The highest BCUT2D eigenvalue weighted by molar-refractivity contribution is 9.10. The summed E-state index contributed by atoms with van der Waals surface area (Å²) in [5, 5.41) is 0. The summed E-state index contributed by atoms with van der Waals surface area (Å²) < 4.78 is 26.0. The van der Waals surface area contributed by atoms with E-state index in [9.17, 15) is 8.96 Å². The lowest BCUT2D eigenvalue weighted by Gasteiger charge is -2.17. The lowest BCUT2D eigenvalue weighted by molar-refractivity contribution is 0.568. The molecule has 0 aliphatic carbocycles. The van der Waals surface area contributed by atoms with Gasteiger partial charge in [-0.25, -0.2) is 4.39 Å². The topological polar surface area (TPSA) is 17.1 Å². The van der Waals surface area contributed by atoms with Gasteiger partial charge >= 0.3 is 0 Å². The van der Waals surface area contributed by atoms with Crippen molar-refractivity contribution in [2.45, 2.75) is 12.6 Å². The van der Waals surface area contributed by atoms with E-state index in [-0.39, 0.29) is 11.5 Å². The van der Waals surface area contributed by atoms with Gasteiger partial charge < -0.3 is 4.57 Å². The first-order valence-electron chi connectivity index (χ1n) is 4.32. The molecule has 0 radical (unpaired) electrons. The number of hydrogen-bond acceptors (Lipinski definition) is 1. The van der Waals surface area contributed by atoms with E-state index < -0.39 is 7.14 Å². The molecular formula is C10H13BrFOP. The van der Waals surface area contributed by atoms with Gasteiger partial charge in [-0.1, -0.05) is 28.9 Å². The van der Waals surface area contributed by atoms with Crippen LogP contribution in [-0.4, -0.2) is 13.3 Å². The Morgan fingerprint density at radius 3 is 2.43 bits per heavy atom. The van der Waals surface area contributed by atoms with Crippen molar-refractivity contribution in [3.05, 3.63) is 34.1 Å². The number of hydrogen-bond donors (Lipinski definition) is 0. The molecule has 0 amide bonds. The molecule has 0 N–H and O–H groups in total. The van der Waals surface area contributed by atoms with Crippen LogP contribution in [0.25, 0.3) is 0 Å². The summed E-state index contributed by atoms with van der Waals surface area (Å²) >= 11 is 3.19. The highest BCUT2D eigenvalue weighted by Gasteiger charge is 2.22. The van der Waals surface area contributed by atoms with E-state index in [1.54, 1.807) is 32.4 Å². The molecule has 0 spiro atoms. The van der Waals surface area contributed by atoms with Crippen molar-refractivity contribution in [3.8, 4) is 0 Å². The Bertz CT molecular complexity index is 386. The van der Waals surface area contributed by atoms with E-state index in [2.05, 4.69) is 15.9 Å². The first-order chi connectivity index (χ1) is 6.32. The molecule has 0 saturated carbocycles. The van der Waals surface area contributed by atoms with Crippen molar-refractivity contribution in [3.63, 3.8) is 0 Å². The zero-order chi connectivity index (χ0) is 10.9. The first-order valence-corrected chi connectivity index (χ1v) is 7.78. The second-order valence-corrected chi connectivity index (χ2v) is 8.33. The molecular weight excluding hydrogens is 266 g/mol. The maximum absolute atomic E-state index is 13.5. The molecule has 0 saturated heterocycles. The quantitative estimate of drug-likeness (QED) is 0.739. The third kappa shape index (κ3) is 2.68. The molecule has 1 unspecified atom stereocenters. The van der Waals surface area contributed by atoms with Crippen LogP contribution in [0.2, 0.25) is 0 Å². The van der Waals surface area contributed by atoms with Crippen LogP contribution in [-0.2, 0) is 4.57 Å². The average molecular weight is 279 g/mol. The lowest BCUT2D eigenvalue weighted by atomic mass is 10.1. The Kier molecular flexibility index (Phi) is 3.54. The van der Waals surface area contributed by atoms with E-state index in [1.165, 1.54) is 6.07 Å². The minimum Gasteiger partial charge on any atom is -0.324 e. The maximum atomic E-state index is 13.5. The molecule has 0 fully saturated rings. The molecule has 1 nitrogen and oxygen atoms in total. The van der Waals surface area contributed by atoms with Crippen molar-refractivity contribution in [1.82, 2.24) is 0 Å². The van der Waals surface area contributed by atoms with Crippen molar-refractivity contribution in [1.29, 1.82) is 0 Å². The largest absolute Gasteiger partial charge is 0.324 e. The second kappa shape index (κ2) is 4.16. The van der Waals surface area contributed by atoms with Crippen molar-refractivity contribution < 1.29 is 8.96 Å². The van der Waals surface area contributed by atoms with Gasteiger partial charge in [0, 0.05) is 10.1 Å². The molecule has 78 valence electrons. The maximum Gasteiger partial charge on any atom is 0.128 e. The van der Waals surface area contributed by atoms with Crippen LogP contribution >= 0.6 is 23.1 Å². The normalized spacial score (nSPS) is 14.1. The summed E-state index contributed by atoms with van der Waals surface area (Å²) in [6, 6.07) is 4.86. The van der Waals surface area contributed by atoms with Gasteiger partial charge in [-0.15, -0.1) is 0 Å². The van der Waals surface area contributed by atoms with Gasteiger partial charge in [0.05, 0.1) is 7.14 Å². The Balaban J connectivity index is 3.14. The van der Waals surface area contributed by atoms with Crippen molar-refractivity contribution >= 4 is 23.1 Å². The Morgan fingerprint density at radius 1 is 1.43 bits per heavy atom. The average Bonchev–Trinajstić information content (AvgIpc) is 2.01. The van der Waals surface area contributed by atoms with E-state index in [4.69, 9.17) is 0 Å². The summed E-state index contributed by atoms with van der Waals surface area (Å²) in [6.07, 6.45) is 0. The minimum absolute atomic E-state index is 0.226. The zero-order valence-electron chi connectivity index (χ0n) is 8.42. The van der Waals surface area contributed by atoms with Gasteiger partial charge in [-0.2, -0.15) is 0 Å². The number of halogens is 2. The van der Waals surface area contributed by atoms with Gasteiger partial charge in [0.25, 0.3) is 0 Å². The van der Waals surface area contributed by atoms with Gasteiger partial charge in [0.1, 0.15) is 5.82 Å². The molecule has 1 rings (SSSR count). The van der Waals surface area contributed by atoms with E-state index >= 15 is 0 Å². The van der Waals surface area contributed by atoms with Gasteiger partial charge in [0.2, 0.25) is 0 Å². The third-order valence-electron chi connectivity index (χ3n) is 2.35. The highest BCUT2D eigenvalue weighted by atomic mass is 79.9. The molecule has 1 aromatic carbocycles. The first kappa shape index (κ1) is 11.9. The Labute approximate surface area is 92.2 Å². The SMILES string of the molecule is CC(c1ccc(Br)cc1F)P(C)(C)=O. The predicted molar refractivity (Wildman–Crippen MR) is 62.0 cm³/mol. The Morgan fingerprint density at radius 2 is 2.00 bits per heavy atom. The number of rotatable bonds is 2.